The number of aromatic nitrogens is 1. The second-order valence-corrected chi connectivity index (χ2v) is 10.6. The molecule has 1 aromatic heterocycles. The molecule has 5 nitrogen and oxygen atoms in total. The molecule has 9 heteroatoms. The van der Waals surface area contributed by atoms with Crippen LogP contribution in [0.1, 0.15) is 31.0 Å². The summed E-state index contributed by atoms with van der Waals surface area (Å²) in [5.74, 6) is -0.462. The van der Waals surface area contributed by atoms with Gasteiger partial charge in [0.2, 0.25) is 0 Å². The van der Waals surface area contributed by atoms with Crippen LogP contribution in [0, 0.1) is 17.7 Å². The van der Waals surface area contributed by atoms with Crippen molar-refractivity contribution in [2.24, 2.45) is 11.8 Å². The Morgan fingerprint density at radius 3 is 2.92 bits per heavy atom. The maximum atomic E-state index is 15.5. The number of thioether (sulfide) groups is 1. The van der Waals surface area contributed by atoms with E-state index in [4.69, 9.17) is 16.3 Å². The molecule has 1 aliphatic rings. The smallest absolute Gasteiger partial charge is 0.308 e. The van der Waals surface area contributed by atoms with Gasteiger partial charge in [-0.15, -0.1) is 11.8 Å². The predicted molar refractivity (Wildman–Crippen MR) is 139 cm³/mol. The average Bonchev–Trinajstić information content (AvgIpc) is 2.87. The van der Waals surface area contributed by atoms with Gasteiger partial charge in [0.1, 0.15) is 17.7 Å². The molecule has 0 amide bonds. The lowest BCUT2D eigenvalue weighted by molar-refractivity contribution is -0.146. The summed E-state index contributed by atoms with van der Waals surface area (Å²) >= 11 is 7.90. The number of ether oxygens (including phenoxy) is 1. The van der Waals surface area contributed by atoms with Crippen LogP contribution in [0.5, 0.6) is 5.75 Å². The fourth-order valence-corrected chi connectivity index (χ4v) is 6.09. The molecule has 3 atom stereocenters. The first-order chi connectivity index (χ1) is 17.4. The van der Waals surface area contributed by atoms with Crippen LogP contribution in [-0.4, -0.2) is 53.5 Å². The summed E-state index contributed by atoms with van der Waals surface area (Å²) in [6.07, 6.45) is 1.44. The number of halogens is 3. The molecule has 2 aromatic carbocycles. The van der Waals surface area contributed by atoms with Crippen molar-refractivity contribution in [1.29, 1.82) is 0 Å². The normalized spacial score (nSPS) is 19.3. The number of methoxy groups -OCH3 is 1. The van der Waals surface area contributed by atoms with Crippen molar-refractivity contribution >= 4 is 40.2 Å². The highest BCUT2D eigenvalue weighted by Gasteiger charge is 2.34. The van der Waals surface area contributed by atoms with E-state index >= 15 is 4.39 Å². The highest BCUT2D eigenvalue weighted by Crippen LogP contribution is 2.38. The lowest BCUT2D eigenvalue weighted by Gasteiger charge is -2.36. The summed E-state index contributed by atoms with van der Waals surface area (Å²) in [6.45, 7) is 1.89. The zero-order valence-electron chi connectivity index (χ0n) is 20.0. The maximum Gasteiger partial charge on any atom is 0.308 e. The van der Waals surface area contributed by atoms with E-state index in [1.54, 1.807) is 43.1 Å². The minimum absolute atomic E-state index is 0.116. The van der Waals surface area contributed by atoms with E-state index in [0.717, 1.165) is 17.2 Å². The van der Waals surface area contributed by atoms with Crippen molar-refractivity contribution in [3.05, 3.63) is 65.1 Å². The first kappa shape index (κ1) is 26.6. The van der Waals surface area contributed by atoms with Gasteiger partial charge in [-0.25, -0.2) is 8.78 Å². The molecule has 0 spiro atoms. The third kappa shape index (κ3) is 6.47. The van der Waals surface area contributed by atoms with Crippen molar-refractivity contribution in [2.75, 3.05) is 32.5 Å². The zero-order chi connectivity index (χ0) is 25.7. The van der Waals surface area contributed by atoms with Crippen LogP contribution < -0.4 is 4.74 Å². The molecular weight excluding hydrogens is 506 g/mol. The number of alkyl halides is 1. The lowest BCUT2D eigenvalue weighted by Crippen LogP contribution is -2.44. The average molecular weight is 535 g/mol. The molecule has 36 heavy (non-hydrogen) atoms. The highest BCUT2D eigenvalue weighted by molar-refractivity contribution is 7.99. The highest BCUT2D eigenvalue weighted by atomic mass is 35.5. The van der Waals surface area contributed by atoms with Crippen molar-refractivity contribution in [3.63, 3.8) is 0 Å². The standard InChI is InChI=1S/C27H29ClF2N2O3S/c1-35-19-6-8-25-21(14-19)26(23(28)15-31-25)24(30)7-5-17-9-10-32(16-22(17)27(33)34)11-12-36-20-4-2-3-18(29)13-20/h2-4,6,8,13-15,17,22,24H,5,7,9-12,16H2,1H3,(H,33,34)/t17-,22+,24-/m0/s1. The Hall–Kier alpha value is -2.42. The topological polar surface area (TPSA) is 62.7 Å². The van der Waals surface area contributed by atoms with Crippen LogP contribution in [-0.2, 0) is 4.79 Å². The number of rotatable bonds is 10. The molecule has 2 heterocycles. The Morgan fingerprint density at radius 1 is 1.33 bits per heavy atom. The number of aliphatic carboxylic acids is 1. The number of hydrogen-bond donors (Lipinski definition) is 1. The Balaban J connectivity index is 1.36. The number of piperidine rings is 1. The monoisotopic (exact) mass is 534 g/mol. The van der Waals surface area contributed by atoms with Gasteiger partial charge in [-0.1, -0.05) is 17.7 Å². The molecule has 1 saturated heterocycles. The number of carboxylic acids is 1. The molecule has 192 valence electrons. The number of pyridine rings is 1. The fourth-order valence-electron chi connectivity index (χ4n) is 4.86. The number of carboxylic acid groups (broad SMARTS) is 1. The maximum absolute atomic E-state index is 15.5. The van der Waals surface area contributed by atoms with Gasteiger partial charge < -0.3 is 14.7 Å². The number of hydrogen-bond acceptors (Lipinski definition) is 5. The van der Waals surface area contributed by atoms with E-state index in [1.165, 1.54) is 18.3 Å². The van der Waals surface area contributed by atoms with Gasteiger partial charge in [-0.2, -0.15) is 0 Å². The summed E-state index contributed by atoms with van der Waals surface area (Å²) < 4.78 is 34.2. The van der Waals surface area contributed by atoms with Gasteiger partial charge in [0, 0.05) is 40.9 Å². The molecule has 1 aliphatic heterocycles. The number of benzene rings is 2. The molecule has 0 unspecified atom stereocenters. The summed E-state index contributed by atoms with van der Waals surface area (Å²) in [7, 11) is 1.55. The number of carbonyl (C=O) groups is 1. The number of likely N-dealkylation sites (tertiary alicyclic amines) is 1. The van der Waals surface area contributed by atoms with E-state index in [1.807, 2.05) is 6.07 Å². The second kappa shape index (κ2) is 12.2. The Bertz CT molecular complexity index is 1210. The molecule has 4 rings (SSSR count). The van der Waals surface area contributed by atoms with Crippen LogP contribution in [0.25, 0.3) is 10.9 Å². The minimum Gasteiger partial charge on any atom is -0.497 e. The van der Waals surface area contributed by atoms with E-state index in [9.17, 15) is 14.3 Å². The Kier molecular flexibility index (Phi) is 9.04. The van der Waals surface area contributed by atoms with Crippen LogP contribution in [0.3, 0.4) is 0 Å². The third-order valence-corrected chi connectivity index (χ3v) is 8.08. The first-order valence-corrected chi connectivity index (χ1v) is 13.3. The number of nitrogens with zero attached hydrogens (tertiary/aromatic N) is 2. The second-order valence-electron chi connectivity index (χ2n) is 9.05. The van der Waals surface area contributed by atoms with E-state index in [0.29, 0.717) is 48.1 Å². The number of fused-ring (bicyclic) bond motifs is 1. The Morgan fingerprint density at radius 2 is 2.17 bits per heavy atom. The van der Waals surface area contributed by atoms with Gasteiger partial charge in [0.05, 0.1) is 23.6 Å². The SMILES string of the molecule is COc1ccc2ncc(Cl)c([C@@H](F)CC[C@H]3CCN(CCSc4cccc(F)c4)C[C@H]3C(=O)O)c2c1. The van der Waals surface area contributed by atoms with Crippen molar-refractivity contribution in [2.45, 2.75) is 30.3 Å². The summed E-state index contributed by atoms with van der Waals surface area (Å²) in [5, 5.41) is 10.7. The van der Waals surface area contributed by atoms with Gasteiger partial charge in [-0.3, -0.25) is 9.78 Å². The van der Waals surface area contributed by atoms with Crippen LogP contribution >= 0.6 is 23.4 Å². The minimum atomic E-state index is -1.34. The molecule has 0 radical (unpaired) electrons. The van der Waals surface area contributed by atoms with Gasteiger partial charge >= 0.3 is 5.97 Å². The van der Waals surface area contributed by atoms with Gasteiger partial charge in [0.15, 0.2) is 0 Å². The molecular formula is C27H29ClF2N2O3S. The molecule has 1 N–H and O–H groups in total. The third-order valence-electron chi connectivity index (χ3n) is 6.80. The summed E-state index contributed by atoms with van der Waals surface area (Å²) in [5.41, 5.74) is 1.00. The lowest BCUT2D eigenvalue weighted by atomic mass is 9.81. The van der Waals surface area contributed by atoms with Crippen molar-refractivity contribution in [3.8, 4) is 5.75 Å². The van der Waals surface area contributed by atoms with Gasteiger partial charge in [0.25, 0.3) is 0 Å². The van der Waals surface area contributed by atoms with E-state index < -0.39 is 18.1 Å². The largest absolute Gasteiger partial charge is 0.497 e. The van der Waals surface area contributed by atoms with Crippen LogP contribution in [0.2, 0.25) is 5.02 Å². The van der Waals surface area contributed by atoms with Crippen molar-refractivity contribution < 1.29 is 23.4 Å². The van der Waals surface area contributed by atoms with E-state index in [-0.39, 0.29) is 23.2 Å². The van der Waals surface area contributed by atoms with Crippen LogP contribution in [0.15, 0.2) is 53.6 Å². The van der Waals surface area contributed by atoms with E-state index in [2.05, 4.69) is 9.88 Å². The fraction of sp³-hybridized carbons (Fsp3) is 0.407. The summed E-state index contributed by atoms with van der Waals surface area (Å²) in [6, 6.07) is 11.7. The summed E-state index contributed by atoms with van der Waals surface area (Å²) in [4.78, 5) is 19.3. The molecule has 0 aliphatic carbocycles. The molecule has 3 aromatic rings. The molecule has 0 saturated carbocycles. The van der Waals surface area contributed by atoms with Crippen molar-refractivity contribution in [1.82, 2.24) is 9.88 Å². The Labute approximate surface area is 218 Å². The van der Waals surface area contributed by atoms with Crippen LogP contribution in [0.4, 0.5) is 8.78 Å². The predicted octanol–water partition coefficient (Wildman–Crippen LogP) is 6.64. The van der Waals surface area contributed by atoms with Gasteiger partial charge in [-0.05, 0) is 68.1 Å². The zero-order valence-corrected chi connectivity index (χ0v) is 21.6. The molecule has 0 bridgehead atoms. The quantitative estimate of drug-likeness (QED) is 0.294. The molecule has 1 fully saturated rings. The first-order valence-electron chi connectivity index (χ1n) is 12.0.